The molecule has 0 fully saturated rings. The Hall–Kier alpha value is -1.74. The molecule has 18 heavy (non-hydrogen) atoms. The number of nitrogen functional groups attached to an aromatic ring is 1. The van der Waals surface area contributed by atoms with E-state index in [1.807, 2.05) is 36.2 Å². The van der Waals surface area contributed by atoms with E-state index >= 15 is 0 Å². The van der Waals surface area contributed by atoms with E-state index < -0.39 is 0 Å². The van der Waals surface area contributed by atoms with Gasteiger partial charge in [-0.25, -0.2) is 4.39 Å². The number of hydrogen-bond acceptors (Lipinski definition) is 2. The van der Waals surface area contributed by atoms with E-state index in [1.54, 1.807) is 6.07 Å². The molecule has 0 spiro atoms. The normalized spacial score (nSPS) is 10.4. The molecule has 0 atom stereocenters. The molecule has 2 nitrogen and oxygen atoms in total. The number of nitrogens with zero attached hydrogens (tertiary/aromatic N) is 1. The molecule has 0 radical (unpaired) electrons. The SMILES string of the molecule is CN(Cc1cccc(Cl)c1)c1ccc(F)cc1N. The Morgan fingerprint density at radius 2 is 2.00 bits per heavy atom. The molecule has 0 bridgehead atoms. The number of halogens is 2. The Balaban J connectivity index is 2.19. The van der Waals surface area contributed by atoms with Crippen molar-refractivity contribution in [3.63, 3.8) is 0 Å². The Bertz CT molecular complexity index is 557. The highest BCUT2D eigenvalue weighted by atomic mass is 35.5. The number of hydrogen-bond donors (Lipinski definition) is 1. The van der Waals surface area contributed by atoms with Crippen molar-refractivity contribution in [2.75, 3.05) is 17.7 Å². The quantitative estimate of drug-likeness (QED) is 0.857. The predicted octanol–water partition coefficient (Wildman–Crippen LogP) is 3.70. The molecule has 0 heterocycles. The summed E-state index contributed by atoms with van der Waals surface area (Å²) in [6.45, 7) is 0.663. The minimum absolute atomic E-state index is 0.326. The Morgan fingerprint density at radius 3 is 2.67 bits per heavy atom. The molecule has 0 amide bonds. The van der Waals surface area contributed by atoms with Gasteiger partial charge in [-0.05, 0) is 35.9 Å². The number of rotatable bonds is 3. The van der Waals surface area contributed by atoms with Crippen LogP contribution < -0.4 is 10.6 Å². The van der Waals surface area contributed by atoms with E-state index in [9.17, 15) is 4.39 Å². The van der Waals surface area contributed by atoms with Crippen LogP contribution in [-0.4, -0.2) is 7.05 Å². The van der Waals surface area contributed by atoms with Gasteiger partial charge in [0.2, 0.25) is 0 Å². The maximum Gasteiger partial charge on any atom is 0.125 e. The first kappa shape index (κ1) is 12.7. The Morgan fingerprint density at radius 1 is 1.22 bits per heavy atom. The van der Waals surface area contributed by atoms with Gasteiger partial charge in [0, 0.05) is 18.6 Å². The van der Waals surface area contributed by atoms with Crippen LogP contribution in [0.2, 0.25) is 5.02 Å². The van der Waals surface area contributed by atoms with Crippen LogP contribution in [0.25, 0.3) is 0 Å². The lowest BCUT2D eigenvalue weighted by Crippen LogP contribution is -2.17. The molecule has 0 aromatic heterocycles. The molecule has 2 rings (SSSR count). The molecule has 2 aromatic carbocycles. The van der Waals surface area contributed by atoms with Crippen LogP contribution in [0.15, 0.2) is 42.5 Å². The van der Waals surface area contributed by atoms with Crippen molar-refractivity contribution >= 4 is 23.0 Å². The fraction of sp³-hybridized carbons (Fsp3) is 0.143. The standard InChI is InChI=1S/C14H14ClFN2/c1-18(9-10-3-2-4-11(15)7-10)14-6-5-12(16)8-13(14)17/h2-8H,9,17H2,1H3. The zero-order valence-electron chi connectivity index (χ0n) is 10.0. The number of nitrogens with two attached hydrogens (primary N) is 1. The summed E-state index contributed by atoms with van der Waals surface area (Å²) < 4.78 is 13.0. The lowest BCUT2D eigenvalue weighted by molar-refractivity contribution is 0.628. The second kappa shape index (κ2) is 5.27. The van der Waals surface area contributed by atoms with Gasteiger partial charge in [0.25, 0.3) is 0 Å². The van der Waals surface area contributed by atoms with Gasteiger partial charge in [0.05, 0.1) is 11.4 Å². The smallest absolute Gasteiger partial charge is 0.125 e. The third-order valence-corrected chi connectivity index (χ3v) is 2.94. The van der Waals surface area contributed by atoms with Crippen molar-refractivity contribution in [3.8, 4) is 0 Å². The van der Waals surface area contributed by atoms with Gasteiger partial charge in [-0.3, -0.25) is 0 Å². The topological polar surface area (TPSA) is 29.3 Å². The number of anilines is 2. The zero-order chi connectivity index (χ0) is 13.1. The minimum atomic E-state index is -0.326. The Labute approximate surface area is 111 Å². The lowest BCUT2D eigenvalue weighted by atomic mass is 10.2. The van der Waals surface area contributed by atoms with Crippen molar-refractivity contribution in [2.24, 2.45) is 0 Å². The lowest BCUT2D eigenvalue weighted by Gasteiger charge is -2.21. The third-order valence-electron chi connectivity index (χ3n) is 2.71. The largest absolute Gasteiger partial charge is 0.397 e. The fourth-order valence-electron chi connectivity index (χ4n) is 1.87. The van der Waals surface area contributed by atoms with Gasteiger partial charge in [0.15, 0.2) is 0 Å². The minimum Gasteiger partial charge on any atom is -0.397 e. The summed E-state index contributed by atoms with van der Waals surface area (Å²) in [5.41, 5.74) is 8.11. The fourth-order valence-corrected chi connectivity index (χ4v) is 2.08. The summed E-state index contributed by atoms with van der Waals surface area (Å²) in [4.78, 5) is 1.96. The molecule has 94 valence electrons. The summed E-state index contributed by atoms with van der Waals surface area (Å²) >= 11 is 5.93. The van der Waals surface area contributed by atoms with Crippen molar-refractivity contribution in [2.45, 2.75) is 6.54 Å². The summed E-state index contributed by atoms with van der Waals surface area (Å²) in [6, 6.07) is 12.0. The molecule has 4 heteroatoms. The molecule has 0 aliphatic rings. The molecule has 0 unspecified atom stereocenters. The van der Waals surface area contributed by atoms with Gasteiger partial charge in [0.1, 0.15) is 5.82 Å². The molecule has 0 aliphatic heterocycles. The zero-order valence-corrected chi connectivity index (χ0v) is 10.8. The molecule has 2 aromatic rings. The van der Waals surface area contributed by atoms with Crippen LogP contribution in [0, 0.1) is 5.82 Å². The van der Waals surface area contributed by atoms with Gasteiger partial charge in [-0.2, -0.15) is 0 Å². The highest BCUT2D eigenvalue weighted by Gasteiger charge is 2.07. The van der Waals surface area contributed by atoms with Gasteiger partial charge >= 0.3 is 0 Å². The van der Waals surface area contributed by atoms with E-state index in [0.29, 0.717) is 17.3 Å². The predicted molar refractivity (Wildman–Crippen MR) is 74.4 cm³/mol. The van der Waals surface area contributed by atoms with Crippen LogP contribution in [0.4, 0.5) is 15.8 Å². The monoisotopic (exact) mass is 264 g/mol. The van der Waals surface area contributed by atoms with Crippen LogP contribution in [0.3, 0.4) is 0 Å². The second-order valence-corrected chi connectivity index (χ2v) is 4.63. The molecular formula is C14H14ClFN2. The van der Waals surface area contributed by atoms with Crippen LogP contribution in [-0.2, 0) is 6.54 Å². The second-order valence-electron chi connectivity index (χ2n) is 4.19. The molecule has 0 saturated carbocycles. The summed E-state index contributed by atoms with van der Waals surface area (Å²) in [5, 5.41) is 0.702. The van der Waals surface area contributed by atoms with Gasteiger partial charge < -0.3 is 10.6 Å². The molecular weight excluding hydrogens is 251 g/mol. The van der Waals surface area contributed by atoms with Crippen molar-refractivity contribution in [3.05, 3.63) is 58.9 Å². The van der Waals surface area contributed by atoms with Crippen LogP contribution in [0.1, 0.15) is 5.56 Å². The van der Waals surface area contributed by atoms with Crippen LogP contribution >= 0.6 is 11.6 Å². The molecule has 0 aliphatic carbocycles. The summed E-state index contributed by atoms with van der Waals surface area (Å²) in [7, 11) is 1.91. The highest BCUT2D eigenvalue weighted by molar-refractivity contribution is 6.30. The van der Waals surface area contributed by atoms with E-state index in [2.05, 4.69) is 0 Å². The summed E-state index contributed by atoms with van der Waals surface area (Å²) in [5.74, 6) is -0.326. The average Bonchev–Trinajstić information content (AvgIpc) is 2.28. The maximum atomic E-state index is 13.0. The van der Waals surface area contributed by atoms with Crippen molar-refractivity contribution in [1.29, 1.82) is 0 Å². The first-order valence-corrected chi connectivity index (χ1v) is 5.94. The van der Waals surface area contributed by atoms with Crippen molar-refractivity contribution in [1.82, 2.24) is 0 Å². The molecule has 2 N–H and O–H groups in total. The van der Waals surface area contributed by atoms with E-state index in [4.69, 9.17) is 17.3 Å². The summed E-state index contributed by atoms with van der Waals surface area (Å²) in [6.07, 6.45) is 0. The van der Waals surface area contributed by atoms with Gasteiger partial charge in [-0.15, -0.1) is 0 Å². The first-order chi connectivity index (χ1) is 8.56. The molecule has 0 saturated heterocycles. The van der Waals surface area contributed by atoms with E-state index in [0.717, 1.165) is 11.3 Å². The maximum absolute atomic E-state index is 13.0. The van der Waals surface area contributed by atoms with E-state index in [-0.39, 0.29) is 5.82 Å². The van der Waals surface area contributed by atoms with Crippen molar-refractivity contribution < 1.29 is 4.39 Å². The highest BCUT2D eigenvalue weighted by Crippen LogP contribution is 2.24. The first-order valence-electron chi connectivity index (χ1n) is 5.57. The Kier molecular flexibility index (Phi) is 3.72. The van der Waals surface area contributed by atoms with Crippen LogP contribution in [0.5, 0.6) is 0 Å². The average molecular weight is 265 g/mol. The van der Waals surface area contributed by atoms with Gasteiger partial charge in [-0.1, -0.05) is 23.7 Å². The third kappa shape index (κ3) is 2.93. The number of benzene rings is 2. The van der Waals surface area contributed by atoms with E-state index in [1.165, 1.54) is 12.1 Å².